The van der Waals surface area contributed by atoms with Crippen LogP contribution in [0.25, 0.3) is 0 Å². The summed E-state index contributed by atoms with van der Waals surface area (Å²) in [5.74, 6) is 0.846. The van der Waals surface area contributed by atoms with Gasteiger partial charge in [-0.1, -0.05) is 42.5 Å². The highest BCUT2D eigenvalue weighted by Crippen LogP contribution is 2.13. The molecule has 0 unspecified atom stereocenters. The molecule has 0 aliphatic heterocycles. The van der Waals surface area contributed by atoms with Crippen molar-refractivity contribution in [3.05, 3.63) is 65.7 Å². The SMILES string of the molecule is CN=C(NCCCc1ccccc1)NCc1cccc(N(C)C)c1.I. The first-order valence-electron chi connectivity index (χ1n) is 8.44. The Morgan fingerprint density at radius 3 is 2.36 bits per heavy atom. The molecule has 0 aliphatic rings. The van der Waals surface area contributed by atoms with Crippen molar-refractivity contribution in [2.45, 2.75) is 19.4 Å². The van der Waals surface area contributed by atoms with Gasteiger partial charge in [0.05, 0.1) is 0 Å². The van der Waals surface area contributed by atoms with Crippen molar-refractivity contribution in [3.63, 3.8) is 0 Å². The number of hydrogen-bond donors (Lipinski definition) is 2. The van der Waals surface area contributed by atoms with Crippen LogP contribution in [-0.2, 0) is 13.0 Å². The van der Waals surface area contributed by atoms with E-state index in [2.05, 4.69) is 89.2 Å². The standard InChI is InChI=1S/C20H28N4.HI/c1-21-20(22-14-8-12-17-9-5-4-6-10-17)23-16-18-11-7-13-19(15-18)24(2)3;/h4-7,9-11,13,15H,8,12,14,16H2,1-3H3,(H2,21,22,23);1H. The van der Waals surface area contributed by atoms with Gasteiger partial charge in [0.25, 0.3) is 0 Å². The third-order valence-electron chi connectivity index (χ3n) is 3.89. The summed E-state index contributed by atoms with van der Waals surface area (Å²) >= 11 is 0. The predicted octanol–water partition coefficient (Wildman–Crippen LogP) is 3.67. The van der Waals surface area contributed by atoms with Crippen LogP contribution in [0.15, 0.2) is 59.6 Å². The molecule has 0 radical (unpaired) electrons. The number of aryl methyl sites for hydroxylation is 1. The molecule has 0 atom stereocenters. The van der Waals surface area contributed by atoms with Gasteiger partial charge in [0.15, 0.2) is 5.96 Å². The highest BCUT2D eigenvalue weighted by Gasteiger charge is 2.01. The van der Waals surface area contributed by atoms with E-state index >= 15 is 0 Å². The summed E-state index contributed by atoms with van der Waals surface area (Å²) < 4.78 is 0. The van der Waals surface area contributed by atoms with Crippen LogP contribution in [-0.4, -0.2) is 33.6 Å². The third kappa shape index (κ3) is 7.77. The molecule has 2 rings (SSSR count). The Labute approximate surface area is 168 Å². The average Bonchev–Trinajstić information content (AvgIpc) is 2.62. The Balaban J connectivity index is 0.00000312. The minimum absolute atomic E-state index is 0. The molecule has 0 aromatic heterocycles. The van der Waals surface area contributed by atoms with Crippen LogP contribution in [0, 0.1) is 0 Å². The Bertz CT molecular complexity index is 641. The number of benzene rings is 2. The number of rotatable bonds is 7. The highest BCUT2D eigenvalue weighted by molar-refractivity contribution is 14.0. The van der Waals surface area contributed by atoms with E-state index in [0.717, 1.165) is 31.9 Å². The Hall–Kier alpha value is -1.76. The van der Waals surface area contributed by atoms with Gasteiger partial charge in [-0.05, 0) is 36.1 Å². The zero-order chi connectivity index (χ0) is 17.2. The molecule has 4 nitrogen and oxygen atoms in total. The van der Waals surface area contributed by atoms with Crippen molar-refractivity contribution in [1.29, 1.82) is 0 Å². The van der Waals surface area contributed by atoms with Crippen molar-refractivity contribution in [3.8, 4) is 0 Å². The molecule has 0 bridgehead atoms. The van der Waals surface area contributed by atoms with Crippen LogP contribution >= 0.6 is 24.0 Å². The second-order valence-electron chi connectivity index (χ2n) is 6.01. The van der Waals surface area contributed by atoms with Crippen LogP contribution < -0.4 is 15.5 Å². The second-order valence-corrected chi connectivity index (χ2v) is 6.01. The van der Waals surface area contributed by atoms with Gasteiger partial charge in [0.2, 0.25) is 0 Å². The molecular formula is C20H29IN4. The molecule has 0 fully saturated rings. The first kappa shape index (κ1) is 21.3. The quantitative estimate of drug-likeness (QED) is 0.292. The fraction of sp³-hybridized carbons (Fsp3) is 0.350. The number of anilines is 1. The lowest BCUT2D eigenvalue weighted by Gasteiger charge is -2.15. The third-order valence-corrected chi connectivity index (χ3v) is 3.89. The predicted molar refractivity (Wildman–Crippen MR) is 119 cm³/mol. The van der Waals surface area contributed by atoms with Crippen molar-refractivity contribution in [2.75, 3.05) is 32.6 Å². The molecule has 2 N–H and O–H groups in total. The van der Waals surface area contributed by atoms with Gasteiger partial charge in [-0.25, -0.2) is 0 Å². The van der Waals surface area contributed by atoms with Crippen LogP contribution in [0.5, 0.6) is 0 Å². The van der Waals surface area contributed by atoms with Gasteiger partial charge < -0.3 is 15.5 Å². The fourth-order valence-corrected chi connectivity index (χ4v) is 2.49. The van der Waals surface area contributed by atoms with E-state index in [-0.39, 0.29) is 24.0 Å². The van der Waals surface area contributed by atoms with Gasteiger partial charge >= 0.3 is 0 Å². The fourth-order valence-electron chi connectivity index (χ4n) is 2.49. The Kier molecular flexibility index (Phi) is 9.99. The van der Waals surface area contributed by atoms with Gasteiger partial charge in [-0.15, -0.1) is 24.0 Å². The number of nitrogens with one attached hydrogen (secondary N) is 2. The molecule has 0 heterocycles. The molecule has 2 aromatic rings. The molecule has 25 heavy (non-hydrogen) atoms. The topological polar surface area (TPSA) is 39.7 Å². The molecule has 0 saturated carbocycles. The second kappa shape index (κ2) is 11.7. The maximum atomic E-state index is 4.29. The Morgan fingerprint density at radius 1 is 0.960 bits per heavy atom. The van der Waals surface area contributed by atoms with Gasteiger partial charge in [-0.3, -0.25) is 4.99 Å². The molecule has 0 spiro atoms. The summed E-state index contributed by atoms with van der Waals surface area (Å²) in [6.45, 7) is 1.67. The smallest absolute Gasteiger partial charge is 0.191 e. The van der Waals surface area contributed by atoms with E-state index in [1.54, 1.807) is 0 Å². The van der Waals surface area contributed by atoms with Crippen molar-refractivity contribution < 1.29 is 0 Å². The lowest BCUT2D eigenvalue weighted by Crippen LogP contribution is -2.37. The number of guanidine groups is 1. The van der Waals surface area contributed by atoms with E-state index in [1.165, 1.54) is 16.8 Å². The number of halogens is 1. The Morgan fingerprint density at radius 2 is 1.68 bits per heavy atom. The molecule has 0 saturated heterocycles. The molecule has 2 aromatic carbocycles. The molecule has 0 amide bonds. The largest absolute Gasteiger partial charge is 0.378 e. The minimum atomic E-state index is 0. The summed E-state index contributed by atoms with van der Waals surface area (Å²) in [7, 11) is 5.92. The summed E-state index contributed by atoms with van der Waals surface area (Å²) in [4.78, 5) is 6.40. The highest BCUT2D eigenvalue weighted by atomic mass is 127. The van der Waals surface area contributed by atoms with E-state index < -0.39 is 0 Å². The van der Waals surface area contributed by atoms with Crippen LogP contribution in [0.2, 0.25) is 0 Å². The molecule has 136 valence electrons. The summed E-state index contributed by atoms with van der Waals surface area (Å²) in [6, 6.07) is 19.1. The van der Waals surface area contributed by atoms with E-state index in [1.807, 2.05) is 7.05 Å². The van der Waals surface area contributed by atoms with Crippen molar-refractivity contribution >= 4 is 35.6 Å². The van der Waals surface area contributed by atoms with Crippen LogP contribution in [0.3, 0.4) is 0 Å². The maximum Gasteiger partial charge on any atom is 0.191 e. The van der Waals surface area contributed by atoms with Gasteiger partial charge in [-0.2, -0.15) is 0 Å². The maximum absolute atomic E-state index is 4.29. The zero-order valence-electron chi connectivity index (χ0n) is 15.3. The van der Waals surface area contributed by atoms with Crippen LogP contribution in [0.4, 0.5) is 5.69 Å². The first-order valence-corrected chi connectivity index (χ1v) is 8.44. The van der Waals surface area contributed by atoms with Crippen LogP contribution in [0.1, 0.15) is 17.5 Å². The number of hydrogen-bond acceptors (Lipinski definition) is 2. The lowest BCUT2D eigenvalue weighted by atomic mass is 10.1. The van der Waals surface area contributed by atoms with Crippen molar-refractivity contribution in [1.82, 2.24) is 10.6 Å². The lowest BCUT2D eigenvalue weighted by molar-refractivity contribution is 0.742. The van der Waals surface area contributed by atoms with Crippen molar-refractivity contribution in [2.24, 2.45) is 4.99 Å². The number of nitrogens with zero attached hydrogens (tertiary/aromatic N) is 2. The zero-order valence-corrected chi connectivity index (χ0v) is 17.7. The minimum Gasteiger partial charge on any atom is -0.378 e. The van der Waals surface area contributed by atoms with E-state index in [4.69, 9.17) is 0 Å². The molecule has 5 heteroatoms. The first-order chi connectivity index (χ1) is 11.7. The summed E-state index contributed by atoms with van der Waals surface area (Å²) in [5.41, 5.74) is 3.83. The number of aliphatic imine (C=N–C) groups is 1. The summed E-state index contributed by atoms with van der Waals surface area (Å²) in [5, 5.41) is 6.75. The van der Waals surface area contributed by atoms with E-state index in [0.29, 0.717) is 0 Å². The van der Waals surface area contributed by atoms with E-state index in [9.17, 15) is 0 Å². The normalized spacial score (nSPS) is 10.8. The van der Waals surface area contributed by atoms with Gasteiger partial charge in [0, 0.05) is 39.9 Å². The average molecular weight is 452 g/mol. The molecule has 0 aliphatic carbocycles. The molecular weight excluding hydrogens is 423 g/mol. The summed E-state index contributed by atoms with van der Waals surface area (Å²) in [6.07, 6.45) is 2.16. The van der Waals surface area contributed by atoms with Gasteiger partial charge in [0.1, 0.15) is 0 Å². The monoisotopic (exact) mass is 452 g/mol.